The highest BCUT2D eigenvalue weighted by Gasteiger charge is 2.54. The van der Waals surface area contributed by atoms with E-state index in [9.17, 15) is 4.79 Å². The van der Waals surface area contributed by atoms with Gasteiger partial charge in [-0.25, -0.2) is 4.98 Å². The van der Waals surface area contributed by atoms with Crippen molar-refractivity contribution in [2.24, 2.45) is 23.2 Å². The summed E-state index contributed by atoms with van der Waals surface area (Å²) in [4.78, 5) is 17.5. The highest BCUT2D eigenvalue weighted by atomic mass is 32.2. The van der Waals surface area contributed by atoms with Gasteiger partial charge < -0.3 is 4.42 Å². The molecule has 0 amide bonds. The zero-order valence-corrected chi connectivity index (χ0v) is 14.0. The number of thioether (sulfide) groups is 1. The molecule has 120 valence electrons. The van der Waals surface area contributed by atoms with Gasteiger partial charge in [-0.2, -0.15) is 0 Å². The van der Waals surface area contributed by atoms with Crippen molar-refractivity contribution in [3.8, 4) is 0 Å². The van der Waals surface area contributed by atoms with E-state index in [0.29, 0.717) is 16.8 Å². The van der Waals surface area contributed by atoms with Crippen LogP contribution in [0.5, 0.6) is 0 Å². The summed E-state index contributed by atoms with van der Waals surface area (Å²) < 4.78 is 5.74. The van der Waals surface area contributed by atoms with Crippen LogP contribution < -0.4 is 0 Å². The lowest BCUT2D eigenvalue weighted by molar-refractivity contribution is -0.141. The number of hydrogen-bond acceptors (Lipinski definition) is 4. The van der Waals surface area contributed by atoms with Gasteiger partial charge in [-0.1, -0.05) is 23.9 Å². The summed E-state index contributed by atoms with van der Waals surface area (Å²) in [5.41, 5.74) is 1.67. The molecule has 1 aromatic heterocycles. The third kappa shape index (κ3) is 2.34. The molecule has 0 radical (unpaired) electrons. The number of rotatable bonds is 4. The van der Waals surface area contributed by atoms with Crippen LogP contribution in [0.25, 0.3) is 11.1 Å². The Morgan fingerprint density at radius 3 is 2.43 bits per heavy atom. The van der Waals surface area contributed by atoms with Crippen molar-refractivity contribution in [2.75, 3.05) is 5.75 Å². The first-order valence-electron chi connectivity index (χ1n) is 8.72. The summed E-state index contributed by atoms with van der Waals surface area (Å²) >= 11 is 1.48. The Balaban J connectivity index is 1.31. The maximum Gasteiger partial charge on any atom is 0.257 e. The van der Waals surface area contributed by atoms with Crippen LogP contribution in [0, 0.1) is 23.2 Å². The number of hydrogen-bond donors (Lipinski definition) is 0. The van der Waals surface area contributed by atoms with E-state index in [0.717, 1.165) is 48.1 Å². The van der Waals surface area contributed by atoms with E-state index in [4.69, 9.17) is 4.42 Å². The predicted molar refractivity (Wildman–Crippen MR) is 90.3 cm³/mol. The quantitative estimate of drug-likeness (QED) is 0.763. The van der Waals surface area contributed by atoms with Crippen LogP contribution in [0.1, 0.15) is 38.5 Å². The fourth-order valence-electron chi connectivity index (χ4n) is 5.65. The summed E-state index contributed by atoms with van der Waals surface area (Å²) in [6.45, 7) is 0. The summed E-state index contributed by atoms with van der Waals surface area (Å²) in [6.07, 6.45) is 7.57. The molecule has 2 aromatic rings. The molecule has 4 bridgehead atoms. The second kappa shape index (κ2) is 5.10. The maximum atomic E-state index is 13.0. The zero-order chi connectivity index (χ0) is 15.4. The van der Waals surface area contributed by atoms with Crippen molar-refractivity contribution in [1.29, 1.82) is 0 Å². The summed E-state index contributed by atoms with van der Waals surface area (Å²) in [6, 6.07) is 7.78. The maximum absolute atomic E-state index is 13.0. The molecular formula is C19H21NO2S. The summed E-state index contributed by atoms with van der Waals surface area (Å²) in [5, 5.41) is 0.629. The predicted octanol–water partition coefficient (Wildman–Crippen LogP) is 4.71. The number of aromatic nitrogens is 1. The second-order valence-electron chi connectivity index (χ2n) is 7.86. The fourth-order valence-corrected chi connectivity index (χ4v) is 6.52. The van der Waals surface area contributed by atoms with Gasteiger partial charge in [0.05, 0.1) is 5.75 Å². The van der Waals surface area contributed by atoms with E-state index in [1.165, 1.54) is 31.0 Å². The minimum Gasteiger partial charge on any atom is -0.431 e. The lowest BCUT2D eigenvalue weighted by Gasteiger charge is -2.55. The van der Waals surface area contributed by atoms with Gasteiger partial charge >= 0.3 is 0 Å². The Morgan fingerprint density at radius 1 is 1.13 bits per heavy atom. The molecule has 4 fully saturated rings. The average Bonchev–Trinajstić information content (AvgIpc) is 2.94. The molecule has 6 rings (SSSR count). The number of fused-ring (bicyclic) bond motifs is 1. The lowest BCUT2D eigenvalue weighted by atomic mass is 9.48. The molecule has 4 heteroatoms. The fraction of sp³-hybridized carbons (Fsp3) is 0.579. The molecule has 1 heterocycles. The first-order chi connectivity index (χ1) is 11.2. The van der Waals surface area contributed by atoms with Gasteiger partial charge in [-0.15, -0.1) is 0 Å². The average molecular weight is 327 g/mol. The minimum absolute atomic E-state index is 0.00619. The third-order valence-electron chi connectivity index (χ3n) is 6.23. The molecule has 0 unspecified atom stereocenters. The molecule has 4 aliphatic carbocycles. The number of Topliss-reactive ketones (excluding diaryl/α,β-unsaturated/α-hetero) is 1. The molecule has 1 aromatic carbocycles. The largest absolute Gasteiger partial charge is 0.431 e. The van der Waals surface area contributed by atoms with Crippen LogP contribution in [-0.2, 0) is 4.79 Å². The molecule has 0 atom stereocenters. The Hall–Kier alpha value is -1.29. The number of oxazole rings is 1. The van der Waals surface area contributed by atoms with E-state index in [1.54, 1.807) is 0 Å². The smallest absolute Gasteiger partial charge is 0.257 e. The highest BCUT2D eigenvalue weighted by Crippen LogP contribution is 2.60. The van der Waals surface area contributed by atoms with Crippen LogP contribution in [0.4, 0.5) is 0 Å². The standard InChI is InChI=1S/C19H21NO2S/c21-17(11-23-18-20-15-3-1-2-4-16(15)22-18)19-8-12-5-13(9-19)7-14(6-12)10-19/h1-4,12-14H,5-11H2. The molecule has 0 spiro atoms. The van der Waals surface area contributed by atoms with Gasteiger partial charge in [0.15, 0.2) is 5.58 Å². The SMILES string of the molecule is O=C(CSc1nc2ccccc2o1)C12CC3CC(CC(C3)C1)C2. The first-order valence-corrected chi connectivity index (χ1v) is 9.70. The van der Waals surface area contributed by atoms with E-state index in [1.807, 2.05) is 24.3 Å². The number of benzene rings is 1. The lowest BCUT2D eigenvalue weighted by Crippen LogP contribution is -2.50. The van der Waals surface area contributed by atoms with Gasteiger partial charge in [-0.05, 0) is 68.4 Å². The van der Waals surface area contributed by atoms with Crippen molar-refractivity contribution >= 4 is 28.6 Å². The molecule has 3 nitrogen and oxygen atoms in total. The normalized spacial score (nSPS) is 35.0. The van der Waals surface area contributed by atoms with E-state index >= 15 is 0 Å². The van der Waals surface area contributed by atoms with E-state index in [-0.39, 0.29) is 5.41 Å². The Morgan fingerprint density at radius 2 is 1.78 bits per heavy atom. The van der Waals surface area contributed by atoms with Crippen LogP contribution in [0.15, 0.2) is 33.9 Å². The molecule has 0 N–H and O–H groups in total. The van der Waals surface area contributed by atoms with E-state index < -0.39 is 0 Å². The number of carbonyl (C=O) groups is 1. The summed E-state index contributed by atoms with van der Waals surface area (Å²) in [5.74, 6) is 3.42. The topological polar surface area (TPSA) is 43.1 Å². The Kier molecular flexibility index (Phi) is 3.12. The number of ketones is 1. The van der Waals surface area contributed by atoms with Gasteiger partial charge in [-0.3, -0.25) is 4.79 Å². The van der Waals surface area contributed by atoms with Crippen LogP contribution in [0.3, 0.4) is 0 Å². The Bertz CT molecular complexity index is 697. The monoisotopic (exact) mass is 327 g/mol. The van der Waals surface area contributed by atoms with Gasteiger partial charge in [0, 0.05) is 5.41 Å². The zero-order valence-electron chi connectivity index (χ0n) is 13.2. The number of carbonyl (C=O) groups excluding carboxylic acids is 1. The Labute approximate surface area is 140 Å². The van der Waals surface area contributed by atoms with Crippen molar-refractivity contribution in [1.82, 2.24) is 4.98 Å². The first kappa shape index (κ1) is 14.1. The van der Waals surface area contributed by atoms with Gasteiger partial charge in [0.2, 0.25) is 0 Å². The molecule has 23 heavy (non-hydrogen) atoms. The third-order valence-corrected chi connectivity index (χ3v) is 7.06. The molecular weight excluding hydrogens is 306 g/mol. The van der Waals surface area contributed by atoms with Crippen LogP contribution >= 0.6 is 11.8 Å². The number of nitrogens with zero attached hydrogens (tertiary/aromatic N) is 1. The van der Waals surface area contributed by atoms with Crippen LogP contribution in [-0.4, -0.2) is 16.5 Å². The van der Waals surface area contributed by atoms with Gasteiger partial charge in [0.1, 0.15) is 11.3 Å². The minimum atomic E-state index is -0.00619. The van der Waals surface area contributed by atoms with Crippen molar-refractivity contribution in [2.45, 2.75) is 43.7 Å². The van der Waals surface area contributed by atoms with E-state index in [2.05, 4.69) is 4.98 Å². The molecule has 0 aliphatic heterocycles. The number of para-hydroxylation sites is 2. The van der Waals surface area contributed by atoms with Crippen molar-refractivity contribution in [3.05, 3.63) is 24.3 Å². The molecule has 0 saturated heterocycles. The van der Waals surface area contributed by atoms with Crippen LogP contribution in [0.2, 0.25) is 0 Å². The van der Waals surface area contributed by atoms with Crippen molar-refractivity contribution in [3.63, 3.8) is 0 Å². The second-order valence-corrected chi connectivity index (χ2v) is 8.78. The molecule has 4 saturated carbocycles. The summed E-state index contributed by atoms with van der Waals surface area (Å²) in [7, 11) is 0. The van der Waals surface area contributed by atoms with Crippen molar-refractivity contribution < 1.29 is 9.21 Å². The molecule has 4 aliphatic rings. The highest BCUT2D eigenvalue weighted by molar-refractivity contribution is 7.99. The van der Waals surface area contributed by atoms with Gasteiger partial charge in [0.25, 0.3) is 5.22 Å².